The number of aromatic nitrogens is 5. The monoisotopic (exact) mass is 389 g/mol. The van der Waals surface area contributed by atoms with Crippen LogP contribution in [0.1, 0.15) is 5.69 Å². The highest BCUT2D eigenvalue weighted by Gasteiger charge is 2.22. The lowest BCUT2D eigenvalue weighted by Crippen LogP contribution is -2.47. The summed E-state index contributed by atoms with van der Waals surface area (Å²) in [7, 11) is 0. The second-order valence-electron chi connectivity index (χ2n) is 7.09. The number of rotatable bonds is 3. The van der Waals surface area contributed by atoms with Gasteiger partial charge in [-0.05, 0) is 37.3 Å². The predicted octanol–water partition coefficient (Wildman–Crippen LogP) is 2.96. The SMILES string of the molecule is Cc1cc(N2CCN(c3ncccn3)CC2)n2nc(-c3ccc(F)cc3)cc2n1. The molecule has 29 heavy (non-hydrogen) atoms. The second kappa shape index (κ2) is 7.12. The van der Waals surface area contributed by atoms with Gasteiger partial charge in [0.1, 0.15) is 11.6 Å². The van der Waals surface area contributed by atoms with Crippen LogP contribution in [0.25, 0.3) is 16.9 Å². The number of nitrogens with zero attached hydrogens (tertiary/aromatic N) is 7. The molecule has 1 aliphatic heterocycles. The van der Waals surface area contributed by atoms with Gasteiger partial charge in [-0.3, -0.25) is 0 Å². The quantitative estimate of drug-likeness (QED) is 0.537. The number of benzene rings is 1. The van der Waals surface area contributed by atoms with Crippen LogP contribution in [-0.2, 0) is 0 Å². The van der Waals surface area contributed by atoms with Gasteiger partial charge in [-0.2, -0.15) is 9.61 Å². The van der Waals surface area contributed by atoms with Crippen LogP contribution in [0.3, 0.4) is 0 Å². The number of halogens is 1. The molecule has 0 radical (unpaired) electrons. The summed E-state index contributed by atoms with van der Waals surface area (Å²) in [6.07, 6.45) is 3.54. The highest BCUT2D eigenvalue weighted by molar-refractivity contribution is 5.66. The van der Waals surface area contributed by atoms with Crippen molar-refractivity contribution in [2.45, 2.75) is 6.92 Å². The minimum atomic E-state index is -0.257. The number of hydrogen-bond acceptors (Lipinski definition) is 6. The summed E-state index contributed by atoms with van der Waals surface area (Å²) in [5.74, 6) is 1.52. The van der Waals surface area contributed by atoms with Crippen molar-refractivity contribution in [2.24, 2.45) is 0 Å². The van der Waals surface area contributed by atoms with Gasteiger partial charge in [-0.15, -0.1) is 0 Å². The van der Waals surface area contributed by atoms with Gasteiger partial charge in [0.25, 0.3) is 0 Å². The average molecular weight is 389 g/mol. The summed E-state index contributed by atoms with van der Waals surface area (Å²) in [6, 6.07) is 12.2. The minimum absolute atomic E-state index is 0.257. The molecule has 1 aliphatic rings. The normalized spacial score (nSPS) is 14.6. The smallest absolute Gasteiger partial charge is 0.225 e. The third-order valence-electron chi connectivity index (χ3n) is 5.12. The van der Waals surface area contributed by atoms with Gasteiger partial charge in [0.15, 0.2) is 5.65 Å². The summed E-state index contributed by atoms with van der Waals surface area (Å²) < 4.78 is 15.1. The fourth-order valence-corrected chi connectivity index (χ4v) is 3.66. The highest BCUT2D eigenvalue weighted by Crippen LogP contribution is 2.25. The third kappa shape index (κ3) is 3.37. The van der Waals surface area contributed by atoms with Crippen LogP contribution in [0.4, 0.5) is 16.2 Å². The molecule has 0 N–H and O–H groups in total. The number of piperazine rings is 1. The maximum absolute atomic E-state index is 13.3. The van der Waals surface area contributed by atoms with Crippen molar-refractivity contribution in [2.75, 3.05) is 36.0 Å². The molecule has 4 heterocycles. The Morgan fingerprint density at radius 2 is 1.59 bits per heavy atom. The van der Waals surface area contributed by atoms with E-state index in [0.29, 0.717) is 0 Å². The zero-order valence-corrected chi connectivity index (χ0v) is 16.0. The van der Waals surface area contributed by atoms with Gasteiger partial charge in [-0.1, -0.05) is 0 Å². The van der Waals surface area contributed by atoms with Crippen LogP contribution in [0.15, 0.2) is 54.9 Å². The van der Waals surface area contributed by atoms with Crippen molar-refractivity contribution in [1.29, 1.82) is 0 Å². The summed E-state index contributed by atoms with van der Waals surface area (Å²) in [4.78, 5) is 17.8. The fourth-order valence-electron chi connectivity index (χ4n) is 3.66. The summed E-state index contributed by atoms with van der Waals surface area (Å²) >= 11 is 0. The Morgan fingerprint density at radius 3 is 2.31 bits per heavy atom. The molecule has 0 saturated carbocycles. The number of aryl methyl sites for hydroxylation is 1. The Hall–Kier alpha value is -3.55. The van der Waals surface area contributed by atoms with Crippen LogP contribution in [0.5, 0.6) is 0 Å². The molecule has 0 amide bonds. The van der Waals surface area contributed by atoms with E-state index in [1.807, 2.05) is 23.6 Å². The topological polar surface area (TPSA) is 62.5 Å². The molecule has 0 unspecified atom stereocenters. The van der Waals surface area contributed by atoms with Gasteiger partial charge in [0.05, 0.1) is 5.69 Å². The predicted molar refractivity (Wildman–Crippen MR) is 110 cm³/mol. The summed E-state index contributed by atoms with van der Waals surface area (Å²) in [5, 5.41) is 4.76. The highest BCUT2D eigenvalue weighted by atomic mass is 19.1. The van der Waals surface area contributed by atoms with Crippen LogP contribution in [0, 0.1) is 12.7 Å². The van der Waals surface area contributed by atoms with E-state index in [9.17, 15) is 4.39 Å². The Balaban J connectivity index is 1.45. The zero-order valence-electron chi connectivity index (χ0n) is 16.0. The molecule has 0 bridgehead atoms. The van der Waals surface area contributed by atoms with Crippen LogP contribution >= 0.6 is 0 Å². The lowest BCUT2D eigenvalue weighted by molar-refractivity contribution is 0.626. The van der Waals surface area contributed by atoms with Crippen molar-refractivity contribution in [3.8, 4) is 11.3 Å². The van der Waals surface area contributed by atoms with Crippen LogP contribution < -0.4 is 9.80 Å². The molecule has 3 aromatic heterocycles. The van der Waals surface area contributed by atoms with Gasteiger partial charge in [0.2, 0.25) is 5.95 Å². The van der Waals surface area contributed by atoms with E-state index >= 15 is 0 Å². The Bertz CT molecular complexity index is 1130. The van der Waals surface area contributed by atoms with Gasteiger partial charge in [0, 0.05) is 62.0 Å². The van der Waals surface area contributed by atoms with Crippen LogP contribution in [0.2, 0.25) is 0 Å². The molecule has 0 atom stereocenters. The van der Waals surface area contributed by atoms with E-state index in [2.05, 4.69) is 30.8 Å². The van der Waals surface area contributed by atoms with Gasteiger partial charge in [-0.25, -0.2) is 19.3 Å². The van der Waals surface area contributed by atoms with E-state index in [1.165, 1.54) is 12.1 Å². The van der Waals surface area contributed by atoms with Crippen molar-refractivity contribution in [3.05, 3.63) is 66.4 Å². The summed E-state index contributed by atoms with van der Waals surface area (Å²) in [5.41, 5.74) is 3.37. The molecule has 5 rings (SSSR count). The Morgan fingerprint density at radius 1 is 0.897 bits per heavy atom. The van der Waals surface area contributed by atoms with Gasteiger partial charge < -0.3 is 9.80 Å². The molecule has 146 valence electrons. The summed E-state index contributed by atoms with van der Waals surface area (Å²) in [6.45, 7) is 5.32. The van der Waals surface area contributed by atoms with Crippen molar-refractivity contribution in [3.63, 3.8) is 0 Å². The lowest BCUT2D eigenvalue weighted by atomic mass is 10.1. The Labute approximate surface area is 167 Å². The first-order valence-corrected chi connectivity index (χ1v) is 9.58. The second-order valence-corrected chi connectivity index (χ2v) is 7.09. The molecule has 7 nitrogen and oxygen atoms in total. The number of fused-ring (bicyclic) bond motifs is 1. The molecule has 1 aromatic carbocycles. The first-order chi connectivity index (χ1) is 14.2. The van der Waals surface area contributed by atoms with Crippen molar-refractivity contribution < 1.29 is 4.39 Å². The van der Waals surface area contributed by atoms with Crippen molar-refractivity contribution in [1.82, 2.24) is 24.6 Å². The molecule has 1 fully saturated rings. The Kier molecular flexibility index (Phi) is 4.31. The molecule has 0 aliphatic carbocycles. The van der Waals surface area contributed by atoms with E-state index in [-0.39, 0.29) is 5.82 Å². The van der Waals surface area contributed by atoms with E-state index < -0.39 is 0 Å². The first kappa shape index (κ1) is 17.5. The standard InChI is InChI=1S/C21H20FN7/c1-15-13-20(27-9-11-28(12-10-27)21-23-7-2-8-24-21)29-19(25-15)14-18(26-29)16-3-5-17(22)6-4-16/h2-8,13-14H,9-12H2,1H3. The molecule has 8 heteroatoms. The minimum Gasteiger partial charge on any atom is -0.353 e. The fraction of sp³-hybridized carbons (Fsp3) is 0.238. The zero-order chi connectivity index (χ0) is 19.8. The van der Waals surface area contributed by atoms with Crippen molar-refractivity contribution >= 4 is 17.4 Å². The molecule has 4 aromatic rings. The maximum atomic E-state index is 13.3. The van der Waals surface area contributed by atoms with Gasteiger partial charge >= 0.3 is 0 Å². The van der Waals surface area contributed by atoms with E-state index in [1.54, 1.807) is 24.5 Å². The third-order valence-corrected chi connectivity index (χ3v) is 5.12. The average Bonchev–Trinajstić information content (AvgIpc) is 3.18. The number of hydrogen-bond donors (Lipinski definition) is 0. The molecular weight excluding hydrogens is 369 g/mol. The maximum Gasteiger partial charge on any atom is 0.225 e. The van der Waals surface area contributed by atoms with E-state index in [0.717, 1.165) is 60.5 Å². The lowest BCUT2D eigenvalue weighted by Gasteiger charge is -2.35. The number of anilines is 2. The first-order valence-electron chi connectivity index (χ1n) is 9.58. The van der Waals surface area contributed by atoms with Crippen LogP contribution in [-0.4, -0.2) is 50.7 Å². The molecule has 0 spiro atoms. The molecular formula is C21H20FN7. The van der Waals surface area contributed by atoms with E-state index in [4.69, 9.17) is 5.10 Å². The largest absolute Gasteiger partial charge is 0.353 e. The molecule has 1 saturated heterocycles.